The van der Waals surface area contributed by atoms with E-state index in [4.69, 9.17) is 0 Å². The zero-order valence-corrected chi connectivity index (χ0v) is 17.2. The molecule has 0 atom stereocenters. The van der Waals surface area contributed by atoms with Crippen LogP contribution in [0.15, 0.2) is 60.3 Å². The highest BCUT2D eigenvalue weighted by Crippen LogP contribution is 2.28. The number of hydrogen-bond acceptors (Lipinski definition) is 5. The first-order chi connectivity index (χ1) is 13.4. The third-order valence-electron chi connectivity index (χ3n) is 2.97. The lowest BCUT2D eigenvalue weighted by atomic mass is 10.1. The quantitative estimate of drug-likeness (QED) is 0.387. The van der Waals surface area contributed by atoms with Crippen molar-refractivity contribution in [3.05, 3.63) is 76.3 Å². The number of nitrogens with one attached hydrogen (secondary N) is 1. The Bertz CT molecular complexity index is 801. The number of aromatic nitrogens is 1. The molecule has 2 rings (SSSR count). The zero-order valence-electron chi connectivity index (χ0n) is 17.2. The van der Waals surface area contributed by atoms with Gasteiger partial charge in [0.05, 0.1) is 10.6 Å². The average Bonchev–Trinajstić information content (AvgIpc) is 2.67. The molecule has 0 amide bonds. The zero-order chi connectivity index (χ0) is 21.5. The Morgan fingerprint density at radius 1 is 1.18 bits per heavy atom. The number of nitro groups is 1. The van der Waals surface area contributed by atoms with Crippen molar-refractivity contribution in [3.63, 3.8) is 0 Å². The lowest BCUT2D eigenvalue weighted by Crippen LogP contribution is -2.00. The molecule has 0 spiro atoms. The monoisotopic (exact) mass is 389 g/mol. The van der Waals surface area contributed by atoms with E-state index in [0.29, 0.717) is 11.3 Å². The maximum Gasteiger partial charge on any atom is 0.311 e. The highest BCUT2D eigenvalue weighted by Gasteiger charge is 2.16. The van der Waals surface area contributed by atoms with Crippen molar-refractivity contribution < 1.29 is 14.1 Å². The molecule has 0 bridgehead atoms. The van der Waals surface area contributed by atoms with Crippen LogP contribution in [0.1, 0.15) is 27.7 Å². The van der Waals surface area contributed by atoms with Crippen molar-refractivity contribution in [2.24, 2.45) is 0 Å². The van der Waals surface area contributed by atoms with Crippen LogP contribution >= 0.6 is 0 Å². The molecule has 6 nitrogen and oxygen atoms in total. The van der Waals surface area contributed by atoms with Gasteiger partial charge < -0.3 is 10.1 Å². The van der Waals surface area contributed by atoms with Crippen molar-refractivity contribution >= 4 is 11.5 Å². The van der Waals surface area contributed by atoms with Gasteiger partial charge in [-0.25, -0.2) is 9.37 Å². The first-order valence-corrected chi connectivity index (χ1v) is 8.77. The Kier molecular flexibility index (Phi) is 12.5. The van der Waals surface area contributed by atoms with E-state index in [1.165, 1.54) is 18.2 Å². The van der Waals surface area contributed by atoms with E-state index < -0.39 is 10.7 Å². The van der Waals surface area contributed by atoms with Crippen LogP contribution in [-0.2, 0) is 4.74 Å². The number of anilines is 1. The second-order valence-corrected chi connectivity index (χ2v) is 5.46. The van der Waals surface area contributed by atoms with Gasteiger partial charge in [-0.15, -0.1) is 0 Å². The van der Waals surface area contributed by atoms with Crippen molar-refractivity contribution in [1.82, 2.24) is 4.98 Å². The molecular formula is C21H28FN3O3. The van der Waals surface area contributed by atoms with E-state index in [0.717, 1.165) is 5.57 Å². The molecule has 0 aliphatic heterocycles. The second kappa shape index (κ2) is 14.1. The topological polar surface area (TPSA) is 77.3 Å². The first-order valence-electron chi connectivity index (χ1n) is 8.77. The summed E-state index contributed by atoms with van der Waals surface area (Å²) in [6.45, 7) is 7.87. The summed E-state index contributed by atoms with van der Waals surface area (Å²) >= 11 is 0. The van der Waals surface area contributed by atoms with E-state index in [2.05, 4.69) is 15.0 Å². The Morgan fingerprint density at radius 3 is 2.32 bits per heavy atom. The molecular weight excluding hydrogens is 361 g/mol. The summed E-state index contributed by atoms with van der Waals surface area (Å²) in [7, 11) is 3.25. The van der Waals surface area contributed by atoms with E-state index in [-0.39, 0.29) is 11.5 Å². The van der Waals surface area contributed by atoms with Gasteiger partial charge >= 0.3 is 5.69 Å². The summed E-state index contributed by atoms with van der Waals surface area (Å²) in [5.74, 6) is -0.367. The highest BCUT2D eigenvalue weighted by molar-refractivity contribution is 5.67. The average molecular weight is 389 g/mol. The lowest BCUT2D eigenvalue weighted by molar-refractivity contribution is -0.384. The molecule has 1 heterocycles. The minimum Gasteiger partial charge on any atom is -0.388 e. The van der Waals surface area contributed by atoms with Crippen molar-refractivity contribution in [2.45, 2.75) is 27.7 Å². The molecule has 152 valence electrons. The van der Waals surface area contributed by atoms with Gasteiger partial charge in [-0.2, -0.15) is 0 Å². The first kappa shape index (κ1) is 24.9. The van der Waals surface area contributed by atoms with Crippen LogP contribution < -0.4 is 5.32 Å². The minimum atomic E-state index is -0.533. The normalized spacial score (nSPS) is 9.54. The number of halogens is 1. The summed E-state index contributed by atoms with van der Waals surface area (Å²) in [5, 5.41) is 13.9. The van der Waals surface area contributed by atoms with Crippen molar-refractivity contribution in [1.29, 1.82) is 0 Å². The number of nitrogens with zero attached hydrogens (tertiary/aromatic N) is 2. The Labute approximate surface area is 165 Å². The second-order valence-electron chi connectivity index (χ2n) is 5.46. The van der Waals surface area contributed by atoms with E-state index in [1.54, 1.807) is 44.7 Å². The molecule has 0 saturated heterocycles. The fraction of sp³-hybridized carbons (Fsp3) is 0.286. The van der Waals surface area contributed by atoms with Gasteiger partial charge in [-0.1, -0.05) is 37.6 Å². The molecule has 0 unspecified atom stereocenters. The molecule has 1 N–H and O–H groups in total. The molecule has 0 fully saturated rings. The summed E-state index contributed by atoms with van der Waals surface area (Å²) in [6, 6.07) is 8.90. The van der Waals surface area contributed by atoms with E-state index in [1.807, 2.05) is 33.8 Å². The van der Waals surface area contributed by atoms with Gasteiger partial charge in [-0.3, -0.25) is 10.1 Å². The van der Waals surface area contributed by atoms with Crippen molar-refractivity contribution in [2.75, 3.05) is 19.5 Å². The molecule has 1 aromatic heterocycles. The maximum absolute atomic E-state index is 13.8. The third-order valence-corrected chi connectivity index (χ3v) is 2.97. The van der Waals surface area contributed by atoms with Crippen LogP contribution in [0.25, 0.3) is 11.3 Å². The number of allylic oxidation sites excluding steroid dienone is 3. The Hall–Kier alpha value is -3.06. The largest absolute Gasteiger partial charge is 0.388 e. The molecule has 0 saturated carbocycles. The number of benzene rings is 1. The van der Waals surface area contributed by atoms with Gasteiger partial charge in [0.1, 0.15) is 5.82 Å². The van der Waals surface area contributed by atoms with Crippen LogP contribution in [0.4, 0.5) is 15.9 Å². The van der Waals surface area contributed by atoms with Crippen LogP contribution in [0.5, 0.6) is 0 Å². The molecule has 0 aliphatic rings. The standard InChI is InChI=1S/C17H16FN3O2.C2H6O.C2H6/c1-12(2)6-5-11-19-17-16(21(22)23)10-9-15(20-17)13-7-3-4-8-14(13)18;1-3-2;1-2/h3-11H,1-2H3,(H,19,20);1-2H3;1-2H3/b11-5+;;. The van der Waals surface area contributed by atoms with Crippen molar-refractivity contribution in [3.8, 4) is 11.3 Å². The van der Waals surface area contributed by atoms with Gasteiger partial charge in [-0.05, 0) is 38.1 Å². The maximum atomic E-state index is 13.8. The predicted molar refractivity (Wildman–Crippen MR) is 113 cm³/mol. The highest BCUT2D eigenvalue weighted by atomic mass is 19.1. The van der Waals surface area contributed by atoms with Crippen LogP contribution in [0.2, 0.25) is 0 Å². The summed E-state index contributed by atoms with van der Waals surface area (Å²) < 4.78 is 18.1. The fourth-order valence-corrected chi connectivity index (χ4v) is 1.89. The predicted octanol–water partition coefficient (Wildman–Crippen LogP) is 5.98. The molecule has 0 radical (unpaired) electrons. The van der Waals surface area contributed by atoms with Gasteiger partial charge in [0.2, 0.25) is 5.82 Å². The molecule has 7 heteroatoms. The number of ether oxygens (including phenoxy) is 1. The van der Waals surface area contributed by atoms with Crippen LogP contribution in [0, 0.1) is 15.9 Å². The number of pyridine rings is 1. The van der Waals surface area contributed by atoms with Crippen LogP contribution in [0.3, 0.4) is 0 Å². The van der Waals surface area contributed by atoms with Gasteiger partial charge in [0.15, 0.2) is 0 Å². The minimum absolute atomic E-state index is 0.0640. The number of rotatable bonds is 5. The van der Waals surface area contributed by atoms with E-state index in [9.17, 15) is 14.5 Å². The molecule has 28 heavy (non-hydrogen) atoms. The van der Waals surface area contributed by atoms with Gasteiger partial charge in [0.25, 0.3) is 0 Å². The number of methoxy groups -OCH3 is 1. The molecule has 0 aliphatic carbocycles. The smallest absolute Gasteiger partial charge is 0.311 e. The molecule has 1 aromatic carbocycles. The SMILES string of the molecule is CC.CC(C)=C/C=C/Nc1nc(-c2ccccc2F)ccc1[N+](=O)[O-].COC. The molecule has 2 aromatic rings. The third kappa shape index (κ3) is 8.55. The fourth-order valence-electron chi connectivity index (χ4n) is 1.89. The lowest BCUT2D eigenvalue weighted by Gasteiger charge is -2.06. The van der Waals surface area contributed by atoms with Crippen LogP contribution in [-0.4, -0.2) is 24.1 Å². The summed E-state index contributed by atoms with van der Waals surface area (Å²) in [6.07, 6.45) is 5.11. The van der Waals surface area contributed by atoms with E-state index >= 15 is 0 Å². The Morgan fingerprint density at radius 2 is 1.79 bits per heavy atom. The summed E-state index contributed by atoms with van der Waals surface area (Å²) in [4.78, 5) is 14.7. The number of hydrogen-bond donors (Lipinski definition) is 1. The summed E-state index contributed by atoms with van der Waals surface area (Å²) in [5.41, 5.74) is 1.53. The van der Waals surface area contributed by atoms with Gasteiger partial charge in [0, 0.05) is 32.0 Å². The Balaban J connectivity index is 0.00000133.